The van der Waals surface area contributed by atoms with Crippen molar-refractivity contribution in [3.63, 3.8) is 0 Å². The van der Waals surface area contributed by atoms with E-state index < -0.39 is 5.76 Å². The molecule has 34 heavy (non-hydrogen) atoms. The number of nitriles is 1. The Morgan fingerprint density at radius 3 is 2.85 bits per heavy atom. The maximum atomic E-state index is 12.5. The Labute approximate surface area is 196 Å². The predicted octanol–water partition coefficient (Wildman–Crippen LogP) is 2.52. The summed E-state index contributed by atoms with van der Waals surface area (Å²) in [6.45, 7) is 8.29. The van der Waals surface area contributed by atoms with Crippen LogP contribution < -0.4 is 11.1 Å². The van der Waals surface area contributed by atoms with Crippen LogP contribution in [-0.4, -0.2) is 39.6 Å². The molecule has 5 rings (SSSR count). The number of hydrogen-bond acceptors (Lipinski definition) is 8. The molecule has 174 valence electrons. The smallest absolute Gasteiger partial charge is 0.425 e. The van der Waals surface area contributed by atoms with E-state index in [1.165, 1.54) is 10.8 Å². The highest BCUT2D eigenvalue weighted by Gasteiger charge is 2.30. The maximum absolute atomic E-state index is 12.5. The second-order valence-corrected chi connectivity index (χ2v) is 9.00. The number of ether oxygens (including phenoxy) is 1. The molecule has 0 saturated carbocycles. The number of aromatic nitrogens is 2. The third-order valence-corrected chi connectivity index (χ3v) is 6.57. The van der Waals surface area contributed by atoms with Crippen LogP contribution in [0.4, 0.5) is 0 Å². The molecule has 1 fully saturated rings. The highest BCUT2D eigenvalue weighted by Crippen LogP contribution is 2.31. The highest BCUT2D eigenvalue weighted by atomic mass is 16.5. The van der Waals surface area contributed by atoms with Crippen LogP contribution in [0.25, 0.3) is 5.82 Å². The number of carbonyl (C=O) groups is 1. The molecule has 9 nitrogen and oxygen atoms in total. The van der Waals surface area contributed by atoms with E-state index in [-0.39, 0.29) is 18.1 Å². The highest BCUT2D eigenvalue weighted by molar-refractivity contribution is 5.94. The molecule has 0 bridgehead atoms. The number of esters is 1. The summed E-state index contributed by atoms with van der Waals surface area (Å²) in [6, 6.07) is 7.93. The van der Waals surface area contributed by atoms with E-state index >= 15 is 0 Å². The van der Waals surface area contributed by atoms with Gasteiger partial charge in [-0.05, 0) is 49.6 Å². The number of aryl methyl sites for hydroxylation is 1. The normalized spacial score (nSPS) is 20.1. The largest absolute Gasteiger partial charge is 0.457 e. The first kappa shape index (κ1) is 22.1. The van der Waals surface area contributed by atoms with E-state index in [1.54, 1.807) is 19.2 Å². The molecule has 0 radical (unpaired) electrons. The van der Waals surface area contributed by atoms with Crippen molar-refractivity contribution in [2.24, 2.45) is 0 Å². The first-order valence-electron chi connectivity index (χ1n) is 11.2. The molecule has 1 saturated heterocycles. The molecule has 1 unspecified atom stereocenters. The van der Waals surface area contributed by atoms with Gasteiger partial charge in [0.25, 0.3) is 0 Å². The molecule has 2 aromatic heterocycles. The number of nitrogens with one attached hydrogen (secondary N) is 1. The molecular weight excluding hydrogens is 434 g/mol. The molecule has 1 N–H and O–H groups in total. The van der Waals surface area contributed by atoms with E-state index in [1.807, 2.05) is 19.1 Å². The van der Waals surface area contributed by atoms with Crippen molar-refractivity contribution in [1.29, 1.82) is 5.26 Å². The van der Waals surface area contributed by atoms with Crippen molar-refractivity contribution in [3.05, 3.63) is 80.3 Å². The van der Waals surface area contributed by atoms with Gasteiger partial charge >= 0.3 is 11.7 Å². The molecule has 0 spiro atoms. The van der Waals surface area contributed by atoms with Crippen LogP contribution in [0, 0.1) is 25.2 Å². The van der Waals surface area contributed by atoms with E-state index in [0.29, 0.717) is 35.9 Å². The summed E-state index contributed by atoms with van der Waals surface area (Å²) >= 11 is 0. The van der Waals surface area contributed by atoms with Gasteiger partial charge in [0.15, 0.2) is 0 Å². The second-order valence-electron chi connectivity index (χ2n) is 9.00. The first-order valence-corrected chi connectivity index (χ1v) is 11.2. The fourth-order valence-corrected chi connectivity index (χ4v) is 4.86. The standard InChI is InChI=1S/C25H25N5O4/c1-14-6-23(27-8-17(14)7-26)30-11-18(34-25(30)32)10-29-9-15(2)28-22(12-29)19-4-5-20-21(16(19)3)13-33-24(20)31/h4-6,8,11,15,22,28H,9-10,12-13H2,1-3H3/t15-,22?/m0/s1. The molecular formula is C25H25N5O4. The minimum Gasteiger partial charge on any atom is -0.457 e. The van der Waals surface area contributed by atoms with E-state index in [2.05, 4.69) is 28.2 Å². The van der Waals surface area contributed by atoms with Gasteiger partial charge in [-0.25, -0.2) is 19.1 Å². The monoisotopic (exact) mass is 459 g/mol. The van der Waals surface area contributed by atoms with Crippen molar-refractivity contribution >= 4 is 5.97 Å². The van der Waals surface area contributed by atoms with Gasteiger partial charge in [-0.2, -0.15) is 5.26 Å². The van der Waals surface area contributed by atoms with Gasteiger partial charge in [0.2, 0.25) is 0 Å². The number of hydrogen-bond donors (Lipinski definition) is 1. The van der Waals surface area contributed by atoms with Gasteiger partial charge in [0, 0.05) is 36.9 Å². The number of fused-ring (bicyclic) bond motifs is 1. The number of cyclic esters (lactones) is 1. The number of benzene rings is 1. The van der Waals surface area contributed by atoms with Crippen LogP contribution in [-0.2, 0) is 17.9 Å². The average Bonchev–Trinajstić information content (AvgIpc) is 3.36. The second kappa shape index (κ2) is 8.56. The number of carbonyl (C=O) groups excluding carboxylic acids is 1. The van der Waals surface area contributed by atoms with Crippen LogP contribution in [0.15, 0.2) is 39.8 Å². The zero-order valence-corrected chi connectivity index (χ0v) is 19.3. The Balaban J connectivity index is 1.36. The Morgan fingerprint density at radius 2 is 2.09 bits per heavy atom. The molecule has 0 aliphatic carbocycles. The van der Waals surface area contributed by atoms with Gasteiger partial charge < -0.3 is 14.5 Å². The van der Waals surface area contributed by atoms with Crippen LogP contribution in [0.2, 0.25) is 0 Å². The number of nitrogens with zero attached hydrogens (tertiary/aromatic N) is 4. The Morgan fingerprint density at radius 1 is 1.26 bits per heavy atom. The third kappa shape index (κ3) is 3.91. The number of oxazole rings is 1. The van der Waals surface area contributed by atoms with Gasteiger partial charge in [-0.15, -0.1) is 0 Å². The Kier molecular flexibility index (Phi) is 5.55. The Bertz CT molecular complexity index is 1380. The molecule has 1 aromatic carbocycles. The summed E-state index contributed by atoms with van der Waals surface area (Å²) in [4.78, 5) is 30.9. The quantitative estimate of drug-likeness (QED) is 0.592. The Hall–Kier alpha value is -3.74. The zero-order valence-electron chi connectivity index (χ0n) is 19.3. The average molecular weight is 460 g/mol. The van der Waals surface area contributed by atoms with Gasteiger partial charge in [-0.1, -0.05) is 6.07 Å². The molecule has 9 heteroatoms. The first-order chi connectivity index (χ1) is 16.3. The summed E-state index contributed by atoms with van der Waals surface area (Å²) in [5.41, 5.74) is 5.05. The lowest BCUT2D eigenvalue weighted by atomic mass is 9.92. The predicted molar refractivity (Wildman–Crippen MR) is 122 cm³/mol. The lowest BCUT2D eigenvalue weighted by Gasteiger charge is -2.38. The van der Waals surface area contributed by atoms with Crippen molar-refractivity contribution in [2.75, 3.05) is 13.1 Å². The summed E-state index contributed by atoms with van der Waals surface area (Å²) in [5.74, 6) is 0.202. The molecule has 2 atom stereocenters. The van der Waals surface area contributed by atoms with Crippen LogP contribution in [0.1, 0.15) is 56.9 Å². The summed E-state index contributed by atoms with van der Waals surface area (Å²) in [5, 5.41) is 12.8. The number of pyridine rings is 1. The van der Waals surface area contributed by atoms with Gasteiger partial charge in [-0.3, -0.25) is 4.90 Å². The van der Waals surface area contributed by atoms with E-state index in [0.717, 1.165) is 35.3 Å². The SMILES string of the molecule is Cc1cc(-n2cc(CN3CC(c4ccc5c(c4C)COC5=O)N[C@@H](C)C3)oc2=O)ncc1C#N. The van der Waals surface area contributed by atoms with Crippen molar-refractivity contribution in [3.8, 4) is 11.9 Å². The minimum atomic E-state index is -0.509. The molecule has 2 aliphatic rings. The lowest BCUT2D eigenvalue weighted by Crippen LogP contribution is -2.50. The molecule has 0 amide bonds. The fraction of sp³-hybridized carbons (Fsp3) is 0.360. The van der Waals surface area contributed by atoms with Crippen LogP contribution in [0.3, 0.4) is 0 Å². The molecule has 2 aliphatic heterocycles. The van der Waals surface area contributed by atoms with Crippen molar-refractivity contribution in [1.82, 2.24) is 19.8 Å². The van der Waals surface area contributed by atoms with E-state index in [4.69, 9.17) is 14.4 Å². The molecule has 3 aromatic rings. The zero-order chi connectivity index (χ0) is 24.0. The maximum Gasteiger partial charge on any atom is 0.425 e. The van der Waals surface area contributed by atoms with Crippen molar-refractivity contribution in [2.45, 2.75) is 46.0 Å². The number of piperazine rings is 1. The van der Waals surface area contributed by atoms with Crippen LogP contribution >= 0.6 is 0 Å². The summed E-state index contributed by atoms with van der Waals surface area (Å²) in [6.07, 6.45) is 3.13. The minimum absolute atomic E-state index is 0.0707. The van der Waals surface area contributed by atoms with Gasteiger partial charge in [0.05, 0.1) is 23.9 Å². The van der Waals surface area contributed by atoms with Crippen molar-refractivity contribution < 1.29 is 13.9 Å². The lowest BCUT2D eigenvalue weighted by molar-refractivity contribution is 0.0535. The summed E-state index contributed by atoms with van der Waals surface area (Å²) < 4.78 is 12.1. The third-order valence-electron chi connectivity index (χ3n) is 6.57. The van der Waals surface area contributed by atoms with Gasteiger partial charge in [0.1, 0.15) is 24.3 Å². The number of rotatable bonds is 4. The molecule has 4 heterocycles. The van der Waals surface area contributed by atoms with E-state index in [9.17, 15) is 9.59 Å². The summed E-state index contributed by atoms with van der Waals surface area (Å²) in [7, 11) is 0. The topological polar surface area (TPSA) is 113 Å². The fourth-order valence-electron chi connectivity index (χ4n) is 4.86. The van der Waals surface area contributed by atoms with Crippen LogP contribution in [0.5, 0.6) is 0 Å².